The van der Waals surface area contributed by atoms with E-state index in [0.717, 1.165) is 35.4 Å². The number of carboxylic acid groups (broad SMARTS) is 1. The molecule has 45 heavy (non-hydrogen) atoms. The number of carbonyl (C=O) groups excluding carboxylic acids is 2. The van der Waals surface area contributed by atoms with Gasteiger partial charge in [0.15, 0.2) is 11.2 Å². The van der Waals surface area contributed by atoms with Crippen molar-refractivity contribution in [2.45, 2.75) is 75.5 Å². The van der Waals surface area contributed by atoms with E-state index in [9.17, 15) is 27.9 Å². The molecule has 4 aliphatic rings. The smallest absolute Gasteiger partial charge is 0.398 e. The van der Waals surface area contributed by atoms with E-state index in [0.29, 0.717) is 18.5 Å². The molecule has 2 aromatic heterocycles. The molecular weight excluding hydrogens is 611 g/mol. The molecule has 1 fully saturated rings. The van der Waals surface area contributed by atoms with Crippen LogP contribution in [0.25, 0.3) is 0 Å². The topological polar surface area (TPSA) is 121 Å². The predicted octanol–water partition coefficient (Wildman–Crippen LogP) is 5.43. The monoisotopic (exact) mass is 641 g/mol. The highest BCUT2D eigenvalue weighted by Crippen LogP contribution is 2.61. The Morgan fingerprint density at radius 2 is 1.89 bits per heavy atom. The molecule has 13 heteroatoms. The predicted molar refractivity (Wildman–Crippen MR) is 155 cm³/mol. The molecule has 3 aliphatic carbocycles. The van der Waals surface area contributed by atoms with Gasteiger partial charge >= 0.3 is 12.1 Å². The number of amides is 1. The van der Waals surface area contributed by atoms with E-state index < -0.39 is 52.1 Å². The number of aryl methyl sites for hydroxylation is 2. The molecule has 236 valence electrons. The molecule has 1 aromatic carbocycles. The Morgan fingerprint density at radius 1 is 1.13 bits per heavy atom. The number of fused-ring (bicyclic) bond motifs is 2. The van der Waals surface area contributed by atoms with E-state index >= 15 is 4.79 Å². The standard InChI is InChI=1S/C32H31ClF3N5O4/c1-40-24-16-41(15-17(24)14-37-40)28(43)21-9-4-8-20(26-18-6-2-3-11-23(18)38-39-26)31(21,29(44)45)27(42)25-19(7-5-10-22(25)33)30(12-13-30)32(34,35)36/h4-5,7-8,10,14,20-21H,2-3,6,9,11-13,15-16H2,1H3,(H,38,39)(H,44,45)/t20?,21?,31-/m0/s1. The Bertz CT molecular complexity index is 1770. The van der Waals surface area contributed by atoms with Gasteiger partial charge < -0.3 is 10.0 Å². The highest BCUT2D eigenvalue weighted by atomic mass is 35.5. The van der Waals surface area contributed by atoms with Gasteiger partial charge in [0.25, 0.3) is 0 Å². The maximum absolute atomic E-state index is 15.1. The average molecular weight is 642 g/mol. The number of Topliss-reactive ketones (excluding diaryl/α,β-unsaturated/α-hetero) is 1. The lowest BCUT2D eigenvalue weighted by molar-refractivity contribution is -0.160. The summed E-state index contributed by atoms with van der Waals surface area (Å²) in [4.78, 5) is 45.0. The summed E-state index contributed by atoms with van der Waals surface area (Å²) in [5.41, 5.74) is -2.16. The summed E-state index contributed by atoms with van der Waals surface area (Å²) >= 11 is 6.57. The maximum atomic E-state index is 15.1. The largest absolute Gasteiger partial charge is 0.480 e. The first-order chi connectivity index (χ1) is 21.4. The quantitative estimate of drug-likeness (QED) is 0.211. The second-order valence-corrected chi connectivity index (χ2v) is 13.1. The summed E-state index contributed by atoms with van der Waals surface area (Å²) in [6, 6.07) is 3.85. The SMILES string of the molecule is Cn1ncc2c1CN(C(=O)C1CC=CC(c3n[nH]c4c3CCCC4)[C@@]1(C(=O)O)C(=O)c1c(Cl)cccc1C1(C(F)(F)F)CC1)C2. The van der Waals surface area contributed by atoms with E-state index in [1.807, 2.05) is 0 Å². The van der Waals surface area contributed by atoms with Gasteiger partial charge in [0, 0.05) is 36.3 Å². The lowest BCUT2D eigenvalue weighted by atomic mass is 9.56. The fourth-order valence-corrected chi connectivity index (χ4v) is 8.06. The number of aromatic nitrogens is 4. The summed E-state index contributed by atoms with van der Waals surface area (Å²) in [7, 11) is 1.74. The maximum Gasteiger partial charge on any atom is 0.398 e. The molecule has 0 saturated heterocycles. The highest BCUT2D eigenvalue weighted by molar-refractivity contribution is 6.35. The lowest BCUT2D eigenvalue weighted by Crippen LogP contribution is -2.56. The van der Waals surface area contributed by atoms with Crippen molar-refractivity contribution in [3.05, 3.63) is 80.9 Å². The number of rotatable bonds is 6. The van der Waals surface area contributed by atoms with Crippen LogP contribution in [0.5, 0.6) is 0 Å². The number of carboxylic acids is 1. The fourth-order valence-electron chi connectivity index (χ4n) is 7.80. The Morgan fingerprint density at radius 3 is 2.58 bits per heavy atom. The Balaban J connectivity index is 1.43. The number of aromatic amines is 1. The van der Waals surface area contributed by atoms with Crippen molar-refractivity contribution in [2.24, 2.45) is 18.4 Å². The molecule has 0 radical (unpaired) electrons. The van der Waals surface area contributed by atoms with E-state index in [4.69, 9.17) is 11.6 Å². The van der Waals surface area contributed by atoms with Crippen molar-refractivity contribution in [2.75, 3.05) is 0 Å². The summed E-state index contributed by atoms with van der Waals surface area (Å²) < 4.78 is 45.2. The minimum absolute atomic E-state index is 0.102. The van der Waals surface area contributed by atoms with Gasteiger partial charge in [0.05, 0.1) is 40.5 Å². The third-order valence-electron chi connectivity index (χ3n) is 10.4. The first-order valence-electron chi connectivity index (χ1n) is 15.1. The van der Waals surface area contributed by atoms with Crippen molar-refractivity contribution >= 4 is 29.3 Å². The highest BCUT2D eigenvalue weighted by Gasteiger charge is 2.68. The number of aliphatic carboxylic acids is 1. The van der Waals surface area contributed by atoms with Crippen molar-refractivity contribution in [3.63, 3.8) is 0 Å². The average Bonchev–Trinajstić information content (AvgIpc) is 3.38. The van der Waals surface area contributed by atoms with Gasteiger partial charge in [0.2, 0.25) is 5.91 Å². The van der Waals surface area contributed by atoms with Gasteiger partial charge in [-0.15, -0.1) is 0 Å². The van der Waals surface area contributed by atoms with Gasteiger partial charge in [-0.1, -0.05) is 35.9 Å². The number of halogens is 4. The summed E-state index contributed by atoms with van der Waals surface area (Å²) in [5, 5.41) is 22.7. The number of allylic oxidation sites excluding steroid dienone is 2. The zero-order valence-corrected chi connectivity index (χ0v) is 25.2. The van der Waals surface area contributed by atoms with Crippen LogP contribution in [0.4, 0.5) is 13.2 Å². The van der Waals surface area contributed by atoms with Crippen LogP contribution in [0.3, 0.4) is 0 Å². The Labute approximate surface area is 261 Å². The first-order valence-corrected chi connectivity index (χ1v) is 15.4. The minimum atomic E-state index is -4.69. The molecule has 1 saturated carbocycles. The molecule has 2 unspecified atom stereocenters. The number of hydrogen-bond acceptors (Lipinski definition) is 5. The van der Waals surface area contributed by atoms with Crippen LogP contribution in [-0.2, 0) is 48.0 Å². The molecule has 3 aromatic rings. The summed E-state index contributed by atoms with van der Waals surface area (Å²) in [5.74, 6) is -5.97. The normalized spacial score (nSPS) is 25.1. The molecule has 1 amide bonds. The van der Waals surface area contributed by atoms with E-state index in [1.165, 1.54) is 23.1 Å². The van der Waals surface area contributed by atoms with Crippen LogP contribution in [-0.4, -0.2) is 53.8 Å². The molecule has 2 N–H and O–H groups in total. The van der Waals surface area contributed by atoms with E-state index in [-0.39, 0.29) is 42.9 Å². The molecule has 1 aliphatic heterocycles. The molecule has 0 spiro atoms. The number of nitrogens with one attached hydrogen (secondary N) is 1. The van der Waals surface area contributed by atoms with Crippen molar-refractivity contribution in [1.29, 1.82) is 0 Å². The van der Waals surface area contributed by atoms with E-state index in [1.54, 1.807) is 30.1 Å². The van der Waals surface area contributed by atoms with Crippen molar-refractivity contribution in [1.82, 2.24) is 24.9 Å². The second-order valence-electron chi connectivity index (χ2n) is 12.6. The van der Waals surface area contributed by atoms with Crippen LogP contribution in [0.15, 0.2) is 36.5 Å². The van der Waals surface area contributed by atoms with E-state index in [2.05, 4.69) is 15.3 Å². The zero-order valence-electron chi connectivity index (χ0n) is 24.5. The number of carbonyl (C=O) groups is 3. The van der Waals surface area contributed by atoms with Crippen LogP contribution < -0.4 is 0 Å². The van der Waals surface area contributed by atoms with Crippen LogP contribution in [0, 0.1) is 11.3 Å². The number of ketones is 1. The third kappa shape index (κ3) is 4.24. The molecule has 0 bridgehead atoms. The molecular formula is C32H31ClF3N5O4. The molecule has 9 nitrogen and oxygen atoms in total. The van der Waals surface area contributed by atoms with Gasteiger partial charge in [-0.2, -0.15) is 23.4 Å². The molecule has 3 heterocycles. The van der Waals surface area contributed by atoms with Crippen molar-refractivity contribution in [3.8, 4) is 0 Å². The summed E-state index contributed by atoms with van der Waals surface area (Å²) in [6.45, 7) is 0.328. The van der Waals surface area contributed by atoms with Crippen LogP contribution >= 0.6 is 11.6 Å². The fraction of sp³-hybridized carbons (Fsp3) is 0.469. The number of nitrogens with zero attached hydrogens (tertiary/aromatic N) is 4. The molecule has 7 rings (SSSR count). The lowest BCUT2D eigenvalue weighted by Gasteiger charge is -2.43. The zero-order chi connectivity index (χ0) is 31.9. The number of hydrogen-bond donors (Lipinski definition) is 2. The number of alkyl halides is 3. The second kappa shape index (κ2) is 10.3. The first kappa shape index (κ1) is 29.8. The van der Waals surface area contributed by atoms with Crippen LogP contribution in [0.1, 0.15) is 82.2 Å². The van der Waals surface area contributed by atoms with Crippen LogP contribution in [0.2, 0.25) is 5.02 Å². The van der Waals surface area contributed by atoms with Crippen molar-refractivity contribution < 1.29 is 32.7 Å². The summed E-state index contributed by atoms with van der Waals surface area (Å²) in [6.07, 6.45) is 2.62. The minimum Gasteiger partial charge on any atom is -0.480 e. The molecule has 3 atom stereocenters. The van der Waals surface area contributed by atoms with Gasteiger partial charge in [-0.05, 0) is 62.1 Å². The Kier molecular flexibility index (Phi) is 6.81. The van der Waals surface area contributed by atoms with Gasteiger partial charge in [-0.25, -0.2) is 0 Å². The van der Waals surface area contributed by atoms with Gasteiger partial charge in [-0.3, -0.25) is 24.2 Å². The number of benzene rings is 1. The third-order valence-corrected chi connectivity index (χ3v) is 10.7. The van der Waals surface area contributed by atoms with Gasteiger partial charge in [0.1, 0.15) is 0 Å². The number of H-pyrrole nitrogens is 1. The Hall–Kier alpha value is -3.93.